The maximum Gasteiger partial charge on any atom is 0.271 e. The zero-order valence-corrected chi connectivity index (χ0v) is 15.9. The van der Waals surface area contributed by atoms with Crippen molar-refractivity contribution < 1.29 is 4.79 Å². The first kappa shape index (κ1) is 18.3. The van der Waals surface area contributed by atoms with Gasteiger partial charge < -0.3 is 16.0 Å². The maximum absolute atomic E-state index is 12.2. The number of thiazole rings is 1. The first-order valence-electron chi connectivity index (χ1n) is 7.71. The molecule has 1 heterocycles. The Morgan fingerprint density at radius 3 is 2.54 bits per heavy atom. The van der Waals surface area contributed by atoms with E-state index in [1.54, 1.807) is 17.5 Å². The molecule has 5 nitrogen and oxygen atoms in total. The van der Waals surface area contributed by atoms with E-state index in [1.165, 1.54) is 11.3 Å². The summed E-state index contributed by atoms with van der Waals surface area (Å²) in [5.41, 5.74) is 2.19. The highest BCUT2D eigenvalue weighted by Crippen LogP contribution is 2.17. The van der Waals surface area contributed by atoms with Gasteiger partial charge in [0.1, 0.15) is 5.69 Å². The summed E-state index contributed by atoms with van der Waals surface area (Å²) < 4.78 is 0. The van der Waals surface area contributed by atoms with E-state index in [9.17, 15) is 4.79 Å². The van der Waals surface area contributed by atoms with E-state index in [4.69, 9.17) is 23.8 Å². The van der Waals surface area contributed by atoms with E-state index < -0.39 is 0 Å². The molecule has 0 aliphatic heterocycles. The van der Waals surface area contributed by atoms with E-state index in [0.29, 0.717) is 27.5 Å². The number of hydrogen-bond donors (Lipinski definition) is 3. The van der Waals surface area contributed by atoms with Crippen LogP contribution >= 0.6 is 35.2 Å². The number of thiocarbonyl (C=S) groups is 1. The van der Waals surface area contributed by atoms with Crippen LogP contribution in [0, 0.1) is 0 Å². The molecule has 8 heteroatoms. The molecule has 0 atom stereocenters. The Balaban J connectivity index is 1.52. The van der Waals surface area contributed by atoms with Crippen molar-refractivity contribution >= 4 is 57.0 Å². The Hall–Kier alpha value is -2.48. The molecule has 132 valence electrons. The number of carbonyl (C=O) groups is 1. The number of hydrogen-bond acceptors (Lipinski definition) is 4. The van der Waals surface area contributed by atoms with Crippen LogP contribution in [0.1, 0.15) is 16.1 Å². The van der Waals surface area contributed by atoms with Crippen molar-refractivity contribution in [2.45, 2.75) is 6.54 Å². The van der Waals surface area contributed by atoms with E-state index >= 15 is 0 Å². The summed E-state index contributed by atoms with van der Waals surface area (Å²) >= 11 is 12.4. The topological polar surface area (TPSA) is 66.1 Å². The van der Waals surface area contributed by atoms with Crippen LogP contribution in [0.5, 0.6) is 0 Å². The zero-order valence-electron chi connectivity index (χ0n) is 13.5. The van der Waals surface area contributed by atoms with Gasteiger partial charge in [-0.25, -0.2) is 4.98 Å². The molecule has 0 aliphatic carbocycles. The number of amides is 1. The van der Waals surface area contributed by atoms with Gasteiger partial charge in [0.05, 0.1) is 0 Å². The zero-order chi connectivity index (χ0) is 18.4. The number of anilines is 2. The standard InChI is InChI=1S/C18H15ClN4OS2/c19-13-6-8-14(9-7-13)21-17(25)23-18-22-15(11-26-18)16(24)20-10-12-4-2-1-3-5-12/h1-9,11H,10H2,(H,20,24)(H2,21,22,23,25). The lowest BCUT2D eigenvalue weighted by molar-refractivity contribution is 0.0946. The van der Waals surface area contributed by atoms with Crippen LogP contribution in [0.15, 0.2) is 60.0 Å². The highest BCUT2D eigenvalue weighted by molar-refractivity contribution is 7.80. The van der Waals surface area contributed by atoms with Gasteiger partial charge in [-0.1, -0.05) is 41.9 Å². The predicted octanol–water partition coefficient (Wildman–Crippen LogP) is 4.54. The Bertz CT molecular complexity index is 897. The maximum atomic E-state index is 12.2. The van der Waals surface area contributed by atoms with E-state index in [2.05, 4.69) is 20.9 Å². The number of carbonyl (C=O) groups excluding carboxylic acids is 1. The Kier molecular flexibility index (Phi) is 6.17. The van der Waals surface area contributed by atoms with Gasteiger partial charge in [-0.3, -0.25) is 4.79 Å². The molecule has 1 amide bonds. The molecule has 0 fully saturated rings. The fourth-order valence-corrected chi connectivity index (χ4v) is 3.20. The minimum atomic E-state index is -0.227. The van der Waals surface area contributed by atoms with Gasteiger partial charge in [0, 0.05) is 22.6 Å². The summed E-state index contributed by atoms with van der Waals surface area (Å²) in [6.45, 7) is 0.455. The number of rotatable bonds is 5. The van der Waals surface area contributed by atoms with Crippen LogP contribution in [0.4, 0.5) is 10.8 Å². The quantitative estimate of drug-likeness (QED) is 0.547. The average Bonchev–Trinajstić information content (AvgIpc) is 3.11. The molecule has 3 aromatic rings. The summed E-state index contributed by atoms with van der Waals surface area (Å²) in [5.74, 6) is -0.227. The summed E-state index contributed by atoms with van der Waals surface area (Å²) in [6, 6.07) is 16.9. The van der Waals surface area contributed by atoms with Crippen LogP contribution in [0.2, 0.25) is 5.02 Å². The monoisotopic (exact) mass is 402 g/mol. The molecule has 2 aromatic carbocycles. The van der Waals surface area contributed by atoms with E-state index in [0.717, 1.165) is 11.3 Å². The van der Waals surface area contributed by atoms with Crippen molar-refractivity contribution in [3.05, 3.63) is 76.3 Å². The van der Waals surface area contributed by atoms with Gasteiger partial charge in [0.2, 0.25) is 0 Å². The average molecular weight is 403 g/mol. The van der Waals surface area contributed by atoms with Crippen LogP contribution < -0.4 is 16.0 Å². The molecule has 0 saturated heterocycles. The molecule has 0 unspecified atom stereocenters. The second kappa shape index (κ2) is 8.75. The summed E-state index contributed by atoms with van der Waals surface area (Å²) in [4.78, 5) is 16.4. The van der Waals surface area contributed by atoms with Crippen molar-refractivity contribution in [3.63, 3.8) is 0 Å². The lowest BCUT2D eigenvalue weighted by atomic mass is 10.2. The number of nitrogens with zero attached hydrogens (tertiary/aromatic N) is 1. The van der Waals surface area contributed by atoms with Crippen molar-refractivity contribution in [1.29, 1.82) is 0 Å². The van der Waals surface area contributed by atoms with Crippen molar-refractivity contribution in [1.82, 2.24) is 10.3 Å². The largest absolute Gasteiger partial charge is 0.347 e. The predicted molar refractivity (Wildman–Crippen MR) is 111 cm³/mol. The van der Waals surface area contributed by atoms with Crippen molar-refractivity contribution in [3.8, 4) is 0 Å². The van der Waals surface area contributed by atoms with Crippen molar-refractivity contribution in [2.24, 2.45) is 0 Å². The molecule has 26 heavy (non-hydrogen) atoms. The number of halogens is 1. The Morgan fingerprint density at radius 2 is 1.81 bits per heavy atom. The summed E-state index contributed by atoms with van der Waals surface area (Å²) in [7, 11) is 0. The number of aromatic nitrogens is 1. The third-order valence-electron chi connectivity index (χ3n) is 3.36. The first-order chi connectivity index (χ1) is 12.6. The molecule has 3 N–H and O–H groups in total. The van der Waals surface area contributed by atoms with E-state index in [-0.39, 0.29) is 5.91 Å². The second-order valence-corrected chi connectivity index (χ2v) is 6.99. The van der Waals surface area contributed by atoms with Crippen LogP contribution in [-0.2, 0) is 6.54 Å². The molecule has 0 aliphatic rings. The van der Waals surface area contributed by atoms with Gasteiger partial charge >= 0.3 is 0 Å². The lowest BCUT2D eigenvalue weighted by Crippen LogP contribution is -2.23. The van der Waals surface area contributed by atoms with Gasteiger partial charge in [-0.2, -0.15) is 0 Å². The Morgan fingerprint density at radius 1 is 1.08 bits per heavy atom. The minimum absolute atomic E-state index is 0.227. The van der Waals surface area contributed by atoms with E-state index in [1.807, 2.05) is 42.5 Å². The summed E-state index contributed by atoms with van der Waals surface area (Å²) in [6.07, 6.45) is 0. The fourth-order valence-electron chi connectivity index (χ4n) is 2.10. The molecule has 0 saturated carbocycles. The number of nitrogens with one attached hydrogen (secondary N) is 3. The van der Waals surface area contributed by atoms with Gasteiger partial charge in [-0.15, -0.1) is 11.3 Å². The highest BCUT2D eigenvalue weighted by Gasteiger charge is 2.11. The van der Waals surface area contributed by atoms with Crippen LogP contribution in [0.25, 0.3) is 0 Å². The summed E-state index contributed by atoms with van der Waals surface area (Å²) in [5, 5.41) is 12.1. The smallest absolute Gasteiger partial charge is 0.271 e. The lowest BCUT2D eigenvalue weighted by Gasteiger charge is -2.08. The minimum Gasteiger partial charge on any atom is -0.347 e. The van der Waals surface area contributed by atoms with Crippen LogP contribution in [-0.4, -0.2) is 16.0 Å². The third-order valence-corrected chi connectivity index (χ3v) is 4.57. The Labute approximate surface area is 165 Å². The highest BCUT2D eigenvalue weighted by atomic mass is 35.5. The molecule has 0 bridgehead atoms. The van der Waals surface area contributed by atoms with Gasteiger partial charge in [0.15, 0.2) is 10.2 Å². The van der Waals surface area contributed by atoms with Crippen LogP contribution in [0.3, 0.4) is 0 Å². The molecular weight excluding hydrogens is 388 g/mol. The normalized spacial score (nSPS) is 10.2. The van der Waals surface area contributed by atoms with Gasteiger partial charge in [-0.05, 0) is 42.0 Å². The fraction of sp³-hybridized carbons (Fsp3) is 0.0556. The van der Waals surface area contributed by atoms with Crippen molar-refractivity contribution in [2.75, 3.05) is 10.6 Å². The molecule has 0 radical (unpaired) electrons. The second-order valence-electron chi connectivity index (χ2n) is 5.29. The third kappa shape index (κ3) is 5.26. The molecule has 0 spiro atoms. The van der Waals surface area contributed by atoms with Gasteiger partial charge in [0.25, 0.3) is 5.91 Å². The molecular formula is C18H15ClN4OS2. The SMILES string of the molecule is O=C(NCc1ccccc1)c1csc(NC(=S)Nc2ccc(Cl)cc2)n1. The first-order valence-corrected chi connectivity index (χ1v) is 9.38. The molecule has 1 aromatic heterocycles. The molecule has 3 rings (SSSR count). The number of benzene rings is 2.